The van der Waals surface area contributed by atoms with Crippen molar-refractivity contribution in [2.24, 2.45) is 0 Å². The minimum atomic E-state index is -0.944. The van der Waals surface area contributed by atoms with E-state index in [0.29, 0.717) is 18.7 Å². The summed E-state index contributed by atoms with van der Waals surface area (Å²) in [5.41, 5.74) is 4.19. The van der Waals surface area contributed by atoms with Gasteiger partial charge in [0.1, 0.15) is 0 Å². The third-order valence-electron chi connectivity index (χ3n) is 2.88. The van der Waals surface area contributed by atoms with Gasteiger partial charge in [0.2, 0.25) is 5.91 Å². The van der Waals surface area contributed by atoms with E-state index < -0.39 is 5.60 Å². The molecule has 0 aromatic carbocycles. The molecule has 0 spiro atoms. The van der Waals surface area contributed by atoms with Crippen molar-refractivity contribution in [3.63, 3.8) is 0 Å². The Morgan fingerprint density at radius 3 is 2.45 bits per heavy atom. The minimum absolute atomic E-state index is 0.0582. The Kier molecular flexibility index (Phi) is 6.67. The van der Waals surface area contributed by atoms with Crippen LogP contribution in [0.25, 0.3) is 0 Å². The highest BCUT2D eigenvalue weighted by atomic mass is 35.5. The molecule has 20 heavy (non-hydrogen) atoms. The number of anilines is 1. The first-order valence-electron chi connectivity index (χ1n) is 6.75. The van der Waals surface area contributed by atoms with Gasteiger partial charge in [-0.25, -0.2) is 0 Å². The summed E-state index contributed by atoms with van der Waals surface area (Å²) < 4.78 is 0. The number of rotatable bonds is 8. The van der Waals surface area contributed by atoms with Crippen LogP contribution >= 0.6 is 11.6 Å². The highest BCUT2D eigenvalue weighted by Crippen LogP contribution is 2.23. The molecule has 0 radical (unpaired) electrons. The van der Waals surface area contributed by atoms with Crippen LogP contribution < -0.4 is 10.9 Å². The first kappa shape index (κ1) is 16.7. The Hall–Kier alpha value is -1.40. The molecule has 3 N–H and O–H groups in total. The van der Waals surface area contributed by atoms with E-state index in [1.165, 1.54) is 0 Å². The van der Waals surface area contributed by atoms with Crippen molar-refractivity contribution in [1.29, 1.82) is 0 Å². The smallest absolute Gasteiger partial charge is 0.241 e. The summed E-state index contributed by atoms with van der Waals surface area (Å²) in [7, 11) is 0. The maximum absolute atomic E-state index is 11.8. The molecule has 0 saturated heterocycles. The maximum Gasteiger partial charge on any atom is 0.241 e. The number of nitrogens with one attached hydrogen (secondary N) is 2. The van der Waals surface area contributed by atoms with E-state index in [4.69, 9.17) is 11.6 Å². The lowest BCUT2D eigenvalue weighted by molar-refractivity contribution is -0.126. The molecule has 6 nitrogen and oxygen atoms in total. The quantitative estimate of drug-likeness (QED) is 0.641. The largest absolute Gasteiger partial charge is 0.389 e. The number of halogens is 1. The normalized spacial score (nSPS) is 11.2. The van der Waals surface area contributed by atoms with Crippen LogP contribution in [0.2, 0.25) is 5.15 Å². The van der Waals surface area contributed by atoms with Crippen LogP contribution in [0.1, 0.15) is 46.0 Å². The topological polar surface area (TPSA) is 87.1 Å². The van der Waals surface area contributed by atoms with Gasteiger partial charge in [0.15, 0.2) is 11.0 Å². The van der Waals surface area contributed by atoms with E-state index in [2.05, 4.69) is 21.0 Å². The van der Waals surface area contributed by atoms with Crippen LogP contribution in [0.5, 0.6) is 0 Å². The van der Waals surface area contributed by atoms with Crippen molar-refractivity contribution in [3.8, 4) is 0 Å². The van der Waals surface area contributed by atoms with Gasteiger partial charge in [0, 0.05) is 0 Å². The summed E-state index contributed by atoms with van der Waals surface area (Å²) in [5.74, 6) is 0.100. The number of amides is 1. The first-order chi connectivity index (χ1) is 9.49. The number of hydrogen-bond donors (Lipinski definition) is 3. The molecular formula is C13H21ClN4O2. The van der Waals surface area contributed by atoms with Gasteiger partial charge in [-0.1, -0.05) is 38.3 Å². The predicted molar refractivity (Wildman–Crippen MR) is 78.2 cm³/mol. The molecule has 0 aliphatic heterocycles. The van der Waals surface area contributed by atoms with Gasteiger partial charge in [0.25, 0.3) is 0 Å². The van der Waals surface area contributed by atoms with E-state index in [0.717, 1.165) is 12.8 Å². The summed E-state index contributed by atoms with van der Waals surface area (Å²) in [6, 6.07) is 3.16. The predicted octanol–water partition coefficient (Wildman–Crippen LogP) is 2.29. The summed E-state index contributed by atoms with van der Waals surface area (Å²) in [5, 5.41) is 18.1. The fourth-order valence-corrected chi connectivity index (χ4v) is 2.19. The molecule has 1 aromatic rings. The molecule has 0 fully saturated rings. The minimum Gasteiger partial charge on any atom is -0.389 e. The lowest BCUT2D eigenvalue weighted by Crippen LogP contribution is -2.39. The highest BCUT2D eigenvalue weighted by Gasteiger charge is 2.28. The van der Waals surface area contributed by atoms with Crippen LogP contribution in [-0.4, -0.2) is 26.8 Å². The van der Waals surface area contributed by atoms with E-state index >= 15 is 0 Å². The zero-order valence-electron chi connectivity index (χ0n) is 11.8. The third-order valence-corrected chi connectivity index (χ3v) is 3.08. The second-order valence-corrected chi connectivity index (χ2v) is 5.20. The van der Waals surface area contributed by atoms with Crippen LogP contribution in [0.3, 0.4) is 0 Å². The van der Waals surface area contributed by atoms with Gasteiger partial charge in [-0.3, -0.25) is 15.6 Å². The summed E-state index contributed by atoms with van der Waals surface area (Å²) >= 11 is 5.61. The van der Waals surface area contributed by atoms with Crippen LogP contribution in [0.15, 0.2) is 12.1 Å². The number of carbonyl (C=O) groups excluding carboxylic acids is 1. The molecule has 1 heterocycles. The lowest BCUT2D eigenvalue weighted by Gasteiger charge is -2.26. The number of carbonyl (C=O) groups is 1. The van der Waals surface area contributed by atoms with Crippen molar-refractivity contribution < 1.29 is 9.90 Å². The molecular weight excluding hydrogens is 280 g/mol. The maximum atomic E-state index is 11.8. The van der Waals surface area contributed by atoms with Gasteiger partial charge >= 0.3 is 0 Å². The lowest BCUT2D eigenvalue weighted by atomic mass is 9.89. The van der Waals surface area contributed by atoms with Crippen LogP contribution in [0.4, 0.5) is 5.82 Å². The molecule has 112 valence electrons. The van der Waals surface area contributed by atoms with Gasteiger partial charge < -0.3 is 5.11 Å². The van der Waals surface area contributed by atoms with Crippen molar-refractivity contribution >= 4 is 23.3 Å². The molecule has 0 saturated carbocycles. The van der Waals surface area contributed by atoms with E-state index in [9.17, 15) is 9.90 Å². The van der Waals surface area contributed by atoms with Gasteiger partial charge in [-0.15, -0.1) is 10.2 Å². The second-order valence-electron chi connectivity index (χ2n) is 4.82. The Labute approximate surface area is 123 Å². The fraction of sp³-hybridized carbons (Fsp3) is 0.615. The van der Waals surface area contributed by atoms with Gasteiger partial charge in [-0.05, 0) is 25.0 Å². The molecule has 1 amide bonds. The number of aromatic nitrogens is 2. The third kappa shape index (κ3) is 5.71. The van der Waals surface area contributed by atoms with Crippen LogP contribution in [0, 0.1) is 0 Å². The van der Waals surface area contributed by atoms with Crippen molar-refractivity contribution in [3.05, 3.63) is 17.3 Å². The SMILES string of the molecule is CCCC(O)(CCC)CC(=O)NNc1ccc(Cl)nn1. The Balaban J connectivity index is 2.47. The molecule has 0 atom stereocenters. The molecule has 0 aliphatic carbocycles. The molecule has 0 bridgehead atoms. The fourth-order valence-electron chi connectivity index (χ4n) is 2.09. The Morgan fingerprint density at radius 2 is 1.95 bits per heavy atom. The number of hydrogen-bond acceptors (Lipinski definition) is 5. The Morgan fingerprint density at radius 1 is 1.30 bits per heavy atom. The molecule has 1 rings (SSSR count). The van der Waals surface area contributed by atoms with Crippen molar-refractivity contribution in [2.75, 3.05) is 5.43 Å². The molecule has 1 aromatic heterocycles. The number of hydrazine groups is 1. The number of nitrogens with zero attached hydrogens (tertiary/aromatic N) is 2. The monoisotopic (exact) mass is 300 g/mol. The standard InChI is InChI=1S/C13H21ClN4O2/c1-3-7-13(20,8-4-2)9-12(19)18-17-11-6-5-10(14)15-16-11/h5-6,20H,3-4,7-9H2,1-2H3,(H,16,17)(H,18,19). The zero-order valence-corrected chi connectivity index (χ0v) is 12.6. The highest BCUT2D eigenvalue weighted by molar-refractivity contribution is 6.29. The summed E-state index contributed by atoms with van der Waals surface area (Å²) in [6.45, 7) is 3.97. The van der Waals surface area contributed by atoms with Gasteiger partial charge in [-0.2, -0.15) is 0 Å². The molecule has 0 aliphatic rings. The first-order valence-corrected chi connectivity index (χ1v) is 7.13. The van der Waals surface area contributed by atoms with Crippen molar-refractivity contribution in [2.45, 2.75) is 51.6 Å². The molecule has 0 unspecified atom stereocenters. The van der Waals surface area contributed by atoms with Crippen molar-refractivity contribution in [1.82, 2.24) is 15.6 Å². The van der Waals surface area contributed by atoms with E-state index in [-0.39, 0.29) is 17.5 Å². The second kappa shape index (κ2) is 8.01. The summed E-state index contributed by atoms with van der Waals surface area (Å²) in [6.07, 6.45) is 2.94. The van der Waals surface area contributed by atoms with Crippen LogP contribution in [-0.2, 0) is 4.79 Å². The van der Waals surface area contributed by atoms with E-state index in [1.54, 1.807) is 12.1 Å². The van der Waals surface area contributed by atoms with Gasteiger partial charge in [0.05, 0.1) is 12.0 Å². The number of aliphatic hydroxyl groups is 1. The van der Waals surface area contributed by atoms with E-state index in [1.807, 2.05) is 13.8 Å². The average Bonchev–Trinajstić information content (AvgIpc) is 2.38. The summed E-state index contributed by atoms with van der Waals surface area (Å²) in [4.78, 5) is 11.8. The molecule has 7 heteroatoms. The average molecular weight is 301 g/mol. The Bertz CT molecular complexity index is 419. The zero-order chi connectivity index (χ0) is 15.0.